The number of hydrogen-bond acceptors (Lipinski definition) is 3. The molecule has 2 unspecified atom stereocenters. The second-order valence-electron chi connectivity index (χ2n) is 6.50. The zero-order valence-corrected chi connectivity index (χ0v) is 14.3. The average molecular weight is 356 g/mol. The number of rotatable bonds is 3. The summed E-state index contributed by atoms with van der Waals surface area (Å²) in [6.45, 7) is 0. The van der Waals surface area contributed by atoms with E-state index in [2.05, 4.69) is 10.6 Å². The molecular weight excluding hydrogens is 333 g/mol. The monoisotopic (exact) mass is 355 g/mol. The molecule has 3 rings (SSSR count). The van der Waals surface area contributed by atoms with Crippen LogP contribution in [0.1, 0.15) is 44.1 Å². The van der Waals surface area contributed by atoms with Crippen molar-refractivity contribution in [3.63, 3.8) is 0 Å². The molecule has 0 radical (unpaired) electrons. The minimum absolute atomic E-state index is 0. The summed E-state index contributed by atoms with van der Waals surface area (Å²) in [4.78, 5) is 23.6. The number of amides is 2. The number of anilines is 2. The molecule has 1 aliphatic carbocycles. The van der Waals surface area contributed by atoms with E-state index in [1.165, 1.54) is 12.1 Å². The molecule has 0 spiro atoms. The molecular formula is C17H23ClFN3O2. The van der Waals surface area contributed by atoms with Gasteiger partial charge in [-0.25, -0.2) is 4.39 Å². The van der Waals surface area contributed by atoms with Gasteiger partial charge in [0, 0.05) is 24.6 Å². The molecule has 1 heterocycles. The quantitative estimate of drug-likeness (QED) is 0.779. The summed E-state index contributed by atoms with van der Waals surface area (Å²) in [6, 6.07) is 2.93. The highest BCUT2D eigenvalue weighted by molar-refractivity contribution is 5.96. The molecule has 5 nitrogen and oxygen atoms in total. The Labute approximate surface area is 147 Å². The fourth-order valence-corrected chi connectivity index (χ4v) is 3.42. The van der Waals surface area contributed by atoms with Crippen LogP contribution in [0.25, 0.3) is 0 Å². The first kappa shape index (κ1) is 18.7. The minimum atomic E-state index is -0.471. The Hall–Kier alpha value is -1.66. The zero-order valence-electron chi connectivity index (χ0n) is 13.4. The van der Waals surface area contributed by atoms with Crippen LogP contribution in [0.3, 0.4) is 0 Å². The van der Waals surface area contributed by atoms with E-state index in [0.717, 1.165) is 31.2 Å². The third-order valence-electron chi connectivity index (χ3n) is 4.78. The Morgan fingerprint density at radius 1 is 1.29 bits per heavy atom. The number of benzene rings is 1. The van der Waals surface area contributed by atoms with E-state index in [-0.39, 0.29) is 41.9 Å². The van der Waals surface area contributed by atoms with E-state index >= 15 is 0 Å². The Kier molecular flexibility index (Phi) is 6.18. The molecule has 1 aliphatic heterocycles. The van der Waals surface area contributed by atoms with Crippen LogP contribution in [0.15, 0.2) is 12.1 Å². The van der Waals surface area contributed by atoms with Gasteiger partial charge in [-0.2, -0.15) is 0 Å². The first-order valence-corrected chi connectivity index (χ1v) is 8.20. The highest BCUT2D eigenvalue weighted by atomic mass is 35.5. The summed E-state index contributed by atoms with van der Waals surface area (Å²) < 4.78 is 14.1. The van der Waals surface area contributed by atoms with Crippen LogP contribution in [0.2, 0.25) is 0 Å². The van der Waals surface area contributed by atoms with E-state index in [1.54, 1.807) is 0 Å². The molecule has 2 atom stereocenters. The second-order valence-corrected chi connectivity index (χ2v) is 6.50. The Balaban J connectivity index is 0.00000208. The smallest absolute Gasteiger partial charge is 0.224 e. The fraction of sp³-hybridized carbons (Fsp3) is 0.529. The van der Waals surface area contributed by atoms with Crippen molar-refractivity contribution in [2.75, 3.05) is 10.6 Å². The standard InChI is InChI=1S/C17H22FN3O2.ClH/c18-12-7-11-5-6-16(22)20-14(11)9-15(12)21-17(23)8-10-3-1-2-4-13(10)19;/h7,9-10,13H,1-6,8,19H2,(H,20,22)(H,21,23);1H. The van der Waals surface area contributed by atoms with Gasteiger partial charge < -0.3 is 16.4 Å². The summed E-state index contributed by atoms with van der Waals surface area (Å²) in [7, 11) is 0. The molecule has 1 aromatic carbocycles. The molecule has 0 aromatic heterocycles. The van der Waals surface area contributed by atoms with Gasteiger partial charge in [0.05, 0.1) is 5.69 Å². The van der Waals surface area contributed by atoms with Gasteiger partial charge in [-0.15, -0.1) is 12.4 Å². The van der Waals surface area contributed by atoms with Crippen molar-refractivity contribution >= 4 is 35.6 Å². The highest BCUT2D eigenvalue weighted by Gasteiger charge is 2.25. The predicted molar refractivity (Wildman–Crippen MR) is 93.8 cm³/mol. The molecule has 1 saturated carbocycles. The maximum atomic E-state index is 14.1. The lowest BCUT2D eigenvalue weighted by molar-refractivity contribution is -0.117. The van der Waals surface area contributed by atoms with Crippen molar-refractivity contribution in [2.24, 2.45) is 11.7 Å². The number of carbonyl (C=O) groups is 2. The van der Waals surface area contributed by atoms with Crippen molar-refractivity contribution in [2.45, 2.75) is 51.0 Å². The van der Waals surface area contributed by atoms with E-state index in [9.17, 15) is 14.0 Å². The summed E-state index contributed by atoms with van der Waals surface area (Å²) in [5, 5.41) is 5.33. The molecule has 0 saturated heterocycles. The van der Waals surface area contributed by atoms with Crippen LogP contribution in [0, 0.1) is 11.7 Å². The number of carbonyl (C=O) groups excluding carboxylic acids is 2. The normalized spacial score (nSPS) is 22.8. The summed E-state index contributed by atoms with van der Waals surface area (Å²) in [5.41, 5.74) is 7.50. The summed E-state index contributed by atoms with van der Waals surface area (Å²) in [5.74, 6) is -0.631. The topological polar surface area (TPSA) is 84.2 Å². The van der Waals surface area contributed by atoms with Gasteiger partial charge in [-0.1, -0.05) is 12.8 Å². The Bertz CT molecular complexity index is 639. The van der Waals surface area contributed by atoms with Crippen LogP contribution >= 0.6 is 12.4 Å². The van der Waals surface area contributed by atoms with Gasteiger partial charge in [0.2, 0.25) is 11.8 Å². The molecule has 7 heteroatoms. The van der Waals surface area contributed by atoms with Crippen LogP contribution in [-0.4, -0.2) is 17.9 Å². The second kappa shape index (κ2) is 7.94. The molecule has 24 heavy (non-hydrogen) atoms. The third kappa shape index (κ3) is 4.24. The maximum Gasteiger partial charge on any atom is 0.224 e. The lowest BCUT2D eigenvalue weighted by Crippen LogP contribution is -2.35. The van der Waals surface area contributed by atoms with E-state index in [4.69, 9.17) is 5.73 Å². The van der Waals surface area contributed by atoms with Gasteiger partial charge in [-0.3, -0.25) is 9.59 Å². The number of nitrogens with one attached hydrogen (secondary N) is 2. The number of fused-ring (bicyclic) bond motifs is 1. The predicted octanol–water partition coefficient (Wildman–Crippen LogP) is 2.98. The minimum Gasteiger partial charge on any atom is -0.327 e. The molecule has 4 N–H and O–H groups in total. The Morgan fingerprint density at radius 2 is 2.04 bits per heavy atom. The molecule has 1 aromatic rings. The van der Waals surface area contributed by atoms with Crippen molar-refractivity contribution in [3.05, 3.63) is 23.5 Å². The van der Waals surface area contributed by atoms with Crippen molar-refractivity contribution in [1.82, 2.24) is 0 Å². The average Bonchev–Trinajstić information content (AvgIpc) is 2.51. The van der Waals surface area contributed by atoms with E-state index in [0.29, 0.717) is 24.9 Å². The molecule has 2 amide bonds. The molecule has 0 bridgehead atoms. The largest absolute Gasteiger partial charge is 0.327 e. The maximum absolute atomic E-state index is 14.1. The van der Waals surface area contributed by atoms with Gasteiger partial charge >= 0.3 is 0 Å². The summed E-state index contributed by atoms with van der Waals surface area (Å²) in [6.07, 6.45) is 5.27. The molecule has 1 fully saturated rings. The van der Waals surface area contributed by atoms with Crippen LogP contribution in [0.5, 0.6) is 0 Å². The van der Waals surface area contributed by atoms with E-state index in [1.807, 2.05) is 0 Å². The lowest BCUT2D eigenvalue weighted by atomic mass is 9.83. The lowest BCUT2D eigenvalue weighted by Gasteiger charge is -2.28. The van der Waals surface area contributed by atoms with Gasteiger partial charge in [0.25, 0.3) is 0 Å². The summed E-state index contributed by atoms with van der Waals surface area (Å²) >= 11 is 0. The number of hydrogen-bond donors (Lipinski definition) is 3. The van der Waals surface area contributed by atoms with Crippen molar-refractivity contribution in [3.8, 4) is 0 Å². The van der Waals surface area contributed by atoms with Gasteiger partial charge in [-0.05, 0) is 42.9 Å². The first-order chi connectivity index (χ1) is 11.0. The van der Waals surface area contributed by atoms with Crippen LogP contribution in [-0.2, 0) is 16.0 Å². The number of nitrogens with two attached hydrogens (primary N) is 1. The first-order valence-electron chi connectivity index (χ1n) is 8.20. The Morgan fingerprint density at radius 3 is 2.79 bits per heavy atom. The van der Waals surface area contributed by atoms with E-state index < -0.39 is 5.82 Å². The van der Waals surface area contributed by atoms with Crippen molar-refractivity contribution < 1.29 is 14.0 Å². The third-order valence-corrected chi connectivity index (χ3v) is 4.78. The van der Waals surface area contributed by atoms with Gasteiger partial charge in [0.1, 0.15) is 5.82 Å². The van der Waals surface area contributed by atoms with Crippen LogP contribution in [0.4, 0.5) is 15.8 Å². The zero-order chi connectivity index (χ0) is 16.4. The van der Waals surface area contributed by atoms with Crippen molar-refractivity contribution in [1.29, 1.82) is 0 Å². The van der Waals surface area contributed by atoms with Gasteiger partial charge in [0.15, 0.2) is 0 Å². The molecule has 2 aliphatic rings. The highest BCUT2D eigenvalue weighted by Crippen LogP contribution is 2.30. The molecule has 132 valence electrons. The van der Waals surface area contributed by atoms with Crippen LogP contribution < -0.4 is 16.4 Å². The number of halogens is 2. The number of aryl methyl sites for hydroxylation is 1. The fourth-order valence-electron chi connectivity index (χ4n) is 3.42. The SMILES string of the molecule is Cl.NC1CCCCC1CC(=O)Nc1cc2c(cc1F)CCC(=O)N2.